The minimum absolute atomic E-state index is 0.447. The molecule has 0 aliphatic carbocycles. The Labute approximate surface area is 160 Å². The maximum atomic E-state index is 5.72. The molecule has 2 aromatic heterocycles. The first kappa shape index (κ1) is 17.7. The van der Waals surface area contributed by atoms with Crippen LogP contribution < -0.4 is 10.2 Å². The number of pyridine rings is 2. The highest BCUT2D eigenvalue weighted by atomic mass is 16.5. The van der Waals surface area contributed by atoms with Crippen LogP contribution in [-0.4, -0.2) is 35.8 Å². The Balaban J connectivity index is 1.67. The standard InChI is InChI=1S/C22H26N4O/c1-3-27-15-19-7-5-11-26(19)22-12-16(2)24-21-13-17(8-9-20(21)22)25-18-6-4-10-23-14-18/h4,6,8-10,12-14,19,25H,3,5,7,11,15H2,1-2H3. The molecule has 5 heteroatoms. The molecule has 0 saturated carbocycles. The highest BCUT2D eigenvalue weighted by Crippen LogP contribution is 2.34. The van der Waals surface area contributed by atoms with Crippen LogP contribution in [0.5, 0.6) is 0 Å². The summed E-state index contributed by atoms with van der Waals surface area (Å²) in [6, 6.07) is 13.0. The van der Waals surface area contributed by atoms with Crippen molar-refractivity contribution in [2.75, 3.05) is 30.0 Å². The molecule has 0 radical (unpaired) electrons. The van der Waals surface area contributed by atoms with E-state index in [0.29, 0.717) is 6.04 Å². The topological polar surface area (TPSA) is 50.3 Å². The van der Waals surface area contributed by atoms with E-state index in [1.54, 1.807) is 6.20 Å². The Bertz CT molecular complexity index is 913. The lowest BCUT2D eigenvalue weighted by molar-refractivity contribution is 0.134. The Morgan fingerprint density at radius 1 is 1.22 bits per heavy atom. The summed E-state index contributed by atoms with van der Waals surface area (Å²) >= 11 is 0. The third-order valence-electron chi connectivity index (χ3n) is 5.07. The number of hydrogen-bond acceptors (Lipinski definition) is 5. The van der Waals surface area contributed by atoms with Gasteiger partial charge in [-0.1, -0.05) is 0 Å². The molecule has 4 rings (SSSR count). The molecule has 5 nitrogen and oxygen atoms in total. The summed E-state index contributed by atoms with van der Waals surface area (Å²) in [5.74, 6) is 0. The number of nitrogens with zero attached hydrogens (tertiary/aromatic N) is 3. The lowest BCUT2D eigenvalue weighted by Gasteiger charge is -2.28. The molecule has 0 spiro atoms. The zero-order valence-electron chi connectivity index (χ0n) is 16.0. The van der Waals surface area contributed by atoms with E-state index in [9.17, 15) is 0 Å². The molecule has 140 valence electrons. The second-order valence-corrected chi connectivity index (χ2v) is 7.03. The molecule has 1 fully saturated rings. The summed E-state index contributed by atoms with van der Waals surface area (Å²) in [7, 11) is 0. The van der Waals surface area contributed by atoms with Gasteiger partial charge in [0.2, 0.25) is 0 Å². The highest BCUT2D eigenvalue weighted by Gasteiger charge is 2.26. The number of aromatic nitrogens is 2. The zero-order chi connectivity index (χ0) is 18.6. The number of anilines is 3. The van der Waals surface area contributed by atoms with Gasteiger partial charge in [0.25, 0.3) is 0 Å². The molecular weight excluding hydrogens is 336 g/mol. The van der Waals surface area contributed by atoms with Crippen LogP contribution in [0.3, 0.4) is 0 Å². The van der Waals surface area contributed by atoms with Crippen molar-refractivity contribution in [1.82, 2.24) is 9.97 Å². The number of hydrogen-bond donors (Lipinski definition) is 1. The average Bonchev–Trinajstić information content (AvgIpc) is 3.14. The van der Waals surface area contributed by atoms with Gasteiger partial charge in [-0.3, -0.25) is 9.97 Å². The molecule has 3 heterocycles. The summed E-state index contributed by atoms with van der Waals surface area (Å²) in [4.78, 5) is 11.4. The van der Waals surface area contributed by atoms with Crippen molar-refractivity contribution >= 4 is 28.0 Å². The van der Waals surface area contributed by atoms with Gasteiger partial charge in [-0.25, -0.2) is 0 Å². The van der Waals surface area contributed by atoms with Gasteiger partial charge in [0.15, 0.2) is 0 Å². The molecule has 0 amide bonds. The second-order valence-electron chi connectivity index (χ2n) is 7.03. The predicted octanol–water partition coefficient (Wildman–Crippen LogP) is 4.69. The van der Waals surface area contributed by atoms with Crippen LogP contribution in [0.4, 0.5) is 17.1 Å². The molecular formula is C22H26N4O. The number of nitrogens with one attached hydrogen (secondary N) is 1. The molecule has 27 heavy (non-hydrogen) atoms. The number of aryl methyl sites for hydroxylation is 1. The summed E-state index contributed by atoms with van der Waals surface area (Å²) in [5.41, 5.74) is 5.32. The minimum Gasteiger partial charge on any atom is -0.380 e. The Morgan fingerprint density at radius 3 is 2.96 bits per heavy atom. The van der Waals surface area contributed by atoms with Gasteiger partial charge in [0.1, 0.15) is 0 Å². The molecule has 0 bridgehead atoms. The van der Waals surface area contributed by atoms with Crippen molar-refractivity contribution in [2.45, 2.75) is 32.7 Å². The fourth-order valence-electron chi connectivity index (χ4n) is 3.84. The largest absolute Gasteiger partial charge is 0.380 e. The lowest BCUT2D eigenvalue weighted by Crippen LogP contribution is -2.33. The Kier molecular flexibility index (Phi) is 5.21. The van der Waals surface area contributed by atoms with Crippen molar-refractivity contribution in [3.05, 3.63) is 54.5 Å². The number of fused-ring (bicyclic) bond motifs is 1. The third kappa shape index (κ3) is 3.88. The predicted molar refractivity (Wildman–Crippen MR) is 111 cm³/mol. The van der Waals surface area contributed by atoms with Crippen LogP contribution in [-0.2, 0) is 4.74 Å². The van der Waals surface area contributed by atoms with Gasteiger partial charge in [-0.15, -0.1) is 0 Å². The molecule has 1 N–H and O–H groups in total. The van der Waals surface area contributed by atoms with E-state index in [-0.39, 0.29) is 0 Å². The normalized spacial score (nSPS) is 16.8. The summed E-state index contributed by atoms with van der Waals surface area (Å²) in [6.07, 6.45) is 5.99. The molecule has 1 aliphatic rings. The average molecular weight is 362 g/mol. The zero-order valence-corrected chi connectivity index (χ0v) is 16.0. The smallest absolute Gasteiger partial charge is 0.0746 e. The van der Waals surface area contributed by atoms with E-state index < -0.39 is 0 Å². The quantitative estimate of drug-likeness (QED) is 0.689. The fraction of sp³-hybridized carbons (Fsp3) is 0.364. The van der Waals surface area contributed by atoms with Gasteiger partial charge in [-0.2, -0.15) is 0 Å². The monoisotopic (exact) mass is 362 g/mol. The van der Waals surface area contributed by atoms with E-state index in [1.807, 2.05) is 18.3 Å². The first-order chi connectivity index (χ1) is 13.2. The lowest BCUT2D eigenvalue weighted by atomic mass is 10.1. The Hall–Kier alpha value is -2.66. The minimum atomic E-state index is 0.447. The van der Waals surface area contributed by atoms with E-state index in [0.717, 1.165) is 42.3 Å². The van der Waals surface area contributed by atoms with Gasteiger partial charge < -0.3 is 15.0 Å². The molecule has 1 aliphatic heterocycles. The van der Waals surface area contributed by atoms with Gasteiger partial charge in [0.05, 0.1) is 30.0 Å². The van der Waals surface area contributed by atoms with Crippen molar-refractivity contribution in [3.63, 3.8) is 0 Å². The number of rotatable bonds is 6. The van der Waals surface area contributed by atoms with Crippen LogP contribution in [0.15, 0.2) is 48.8 Å². The summed E-state index contributed by atoms with van der Waals surface area (Å²) in [5, 5.41) is 4.60. The second kappa shape index (κ2) is 7.92. The molecule has 1 saturated heterocycles. The van der Waals surface area contributed by atoms with E-state index in [1.165, 1.54) is 23.9 Å². The molecule has 1 aromatic carbocycles. The van der Waals surface area contributed by atoms with Gasteiger partial charge in [-0.05, 0) is 63.1 Å². The van der Waals surface area contributed by atoms with E-state index in [2.05, 4.69) is 53.3 Å². The van der Waals surface area contributed by atoms with Crippen molar-refractivity contribution < 1.29 is 4.74 Å². The maximum Gasteiger partial charge on any atom is 0.0746 e. The fourth-order valence-corrected chi connectivity index (χ4v) is 3.84. The van der Waals surface area contributed by atoms with Crippen LogP contribution in [0.1, 0.15) is 25.5 Å². The van der Waals surface area contributed by atoms with Crippen molar-refractivity contribution in [2.24, 2.45) is 0 Å². The highest BCUT2D eigenvalue weighted by molar-refractivity contribution is 5.94. The third-order valence-corrected chi connectivity index (χ3v) is 5.07. The van der Waals surface area contributed by atoms with Crippen LogP contribution in [0.2, 0.25) is 0 Å². The van der Waals surface area contributed by atoms with Gasteiger partial charge in [0, 0.05) is 41.8 Å². The van der Waals surface area contributed by atoms with E-state index in [4.69, 9.17) is 9.72 Å². The number of benzene rings is 1. The SMILES string of the molecule is CCOCC1CCCN1c1cc(C)nc2cc(Nc3cccnc3)ccc12. The van der Waals surface area contributed by atoms with Crippen molar-refractivity contribution in [1.29, 1.82) is 0 Å². The molecule has 1 atom stereocenters. The molecule has 1 unspecified atom stereocenters. The summed E-state index contributed by atoms with van der Waals surface area (Å²) < 4.78 is 5.72. The van der Waals surface area contributed by atoms with E-state index >= 15 is 0 Å². The Morgan fingerprint density at radius 2 is 2.15 bits per heavy atom. The number of ether oxygens (including phenoxy) is 1. The first-order valence-electron chi connectivity index (χ1n) is 9.67. The summed E-state index contributed by atoms with van der Waals surface area (Å²) in [6.45, 7) is 6.76. The van der Waals surface area contributed by atoms with Crippen molar-refractivity contribution in [3.8, 4) is 0 Å². The van der Waals surface area contributed by atoms with Crippen LogP contribution in [0, 0.1) is 6.92 Å². The first-order valence-corrected chi connectivity index (χ1v) is 9.67. The molecule has 3 aromatic rings. The maximum absolute atomic E-state index is 5.72. The van der Waals surface area contributed by atoms with Crippen LogP contribution >= 0.6 is 0 Å². The van der Waals surface area contributed by atoms with Gasteiger partial charge >= 0.3 is 0 Å². The van der Waals surface area contributed by atoms with Crippen LogP contribution in [0.25, 0.3) is 10.9 Å².